The molecule has 0 amide bonds. The van der Waals surface area contributed by atoms with Crippen LogP contribution in [0.25, 0.3) is 0 Å². The van der Waals surface area contributed by atoms with Crippen molar-refractivity contribution in [3.63, 3.8) is 0 Å². The standard InChI is InChI=1S/C13H17N/c1-2-9-5-11-7-14-8-12(11)6-13(9)10-3-4-10/h5-6,10,14H,2-4,7-8H2,1H3. The molecule has 3 rings (SSSR count). The average molecular weight is 187 g/mol. The van der Waals surface area contributed by atoms with E-state index in [9.17, 15) is 0 Å². The number of benzene rings is 1. The molecule has 0 atom stereocenters. The third kappa shape index (κ3) is 1.27. The molecule has 2 aliphatic rings. The molecule has 0 bridgehead atoms. The molecule has 0 aromatic heterocycles. The third-order valence-electron chi connectivity index (χ3n) is 3.49. The average Bonchev–Trinajstić information content (AvgIpc) is 2.95. The van der Waals surface area contributed by atoms with E-state index in [0.717, 1.165) is 19.0 Å². The Hall–Kier alpha value is -0.820. The van der Waals surface area contributed by atoms with Crippen LogP contribution in [0.4, 0.5) is 0 Å². The summed E-state index contributed by atoms with van der Waals surface area (Å²) in [5, 5.41) is 3.43. The highest BCUT2D eigenvalue weighted by atomic mass is 14.9. The van der Waals surface area contributed by atoms with Crippen LogP contribution in [0, 0.1) is 0 Å². The quantitative estimate of drug-likeness (QED) is 0.750. The van der Waals surface area contributed by atoms with Crippen molar-refractivity contribution in [1.82, 2.24) is 5.32 Å². The van der Waals surface area contributed by atoms with Crippen molar-refractivity contribution < 1.29 is 0 Å². The van der Waals surface area contributed by atoms with Gasteiger partial charge in [-0.05, 0) is 47.4 Å². The number of fused-ring (bicyclic) bond motifs is 1. The van der Waals surface area contributed by atoms with Crippen molar-refractivity contribution in [3.8, 4) is 0 Å². The van der Waals surface area contributed by atoms with Gasteiger partial charge in [0.15, 0.2) is 0 Å². The fraction of sp³-hybridized carbons (Fsp3) is 0.538. The summed E-state index contributed by atoms with van der Waals surface area (Å²) in [6, 6.07) is 4.90. The first-order valence-corrected chi connectivity index (χ1v) is 5.73. The zero-order valence-corrected chi connectivity index (χ0v) is 8.77. The van der Waals surface area contributed by atoms with Crippen LogP contribution in [-0.4, -0.2) is 0 Å². The first-order valence-electron chi connectivity index (χ1n) is 5.73. The number of aryl methyl sites for hydroxylation is 1. The summed E-state index contributed by atoms with van der Waals surface area (Å²) in [5.41, 5.74) is 6.32. The van der Waals surface area contributed by atoms with Crippen molar-refractivity contribution in [2.75, 3.05) is 0 Å². The lowest BCUT2D eigenvalue weighted by molar-refractivity contribution is 0.764. The summed E-state index contributed by atoms with van der Waals surface area (Å²) in [6.07, 6.45) is 4.03. The van der Waals surface area contributed by atoms with Crippen LogP contribution in [0.5, 0.6) is 0 Å². The minimum atomic E-state index is 0.899. The Balaban J connectivity index is 2.08. The van der Waals surface area contributed by atoms with E-state index in [2.05, 4.69) is 24.4 Å². The van der Waals surface area contributed by atoms with Gasteiger partial charge in [-0.25, -0.2) is 0 Å². The molecule has 1 saturated carbocycles. The van der Waals surface area contributed by atoms with Crippen molar-refractivity contribution in [2.45, 2.75) is 45.2 Å². The second-order valence-electron chi connectivity index (χ2n) is 4.55. The van der Waals surface area contributed by atoms with Crippen LogP contribution >= 0.6 is 0 Å². The molecular formula is C13H17N. The van der Waals surface area contributed by atoms with Crippen LogP contribution in [0.3, 0.4) is 0 Å². The predicted octanol–water partition coefficient (Wildman–Crippen LogP) is 2.73. The molecular weight excluding hydrogens is 170 g/mol. The molecule has 1 N–H and O–H groups in total. The summed E-state index contributed by atoms with van der Waals surface area (Å²) in [6.45, 7) is 4.43. The van der Waals surface area contributed by atoms with Crippen molar-refractivity contribution >= 4 is 0 Å². The zero-order chi connectivity index (χ0) is 9.54. The molecule has 14 heavy (non-hydrogen) atoms. The lowest BCUT2D eigenvalue weighted by atomic mass is 9.95. The largest absolute Gasteiger partial charge is 0.309 e. The molecule has 1 aliphatic carbocycles. The molecule has 0 saturated heterocycles. The molecule has 1 aromatic rings. The van der Waals surface area contributed by atoms with E-state index in [1.165, 1.54) is 24.8 Å². The highest BCUT2D eigenvalue weighted by molar-refractivity contribution is 5.43. The maximum atomic E-state index is 3.43. The molecule has 1 fully saturated rings. The Morgan fingerprint density at radius 1 is 1.21 bits per heavy atom. The van der Waals surface area contributed by atoms with Gasteiger partial charge in [-0.3, -0.25) is 0 Å². The van der Waals surface area contributed by atoms with Gasteiger partial charge in [0.2, 0.25) is 0 Å². The Morgan fingerprint density at radius 2 is 1.93 bits per heavy atom. The molecule has 1 heterocycles. The molecule has 0 spiro atoms. The van der Waals surface area contributed by atoms with Crippen molar-refractivity contribution in [2.24, 2.45) is 0 Å². The van der Waals surface area contributed by atoms with Crippen LogP contribution in [0.1, 0.15) is 47.9 Å². The lowest BCUT2D eigenvalue weighted by Crippen LogP contribution is -1.99. The maximum Gasteiger partial charge on any atom is 0.0212 e. The Kier molecular flexibility index (Phi) is 1.88. The van der Waals surface area contributed by atoms with Crippen LogP contribution in [0.15, 0.2) is 12.1 Å². The molecule has 74 valence electrons. The van der Waals surface area contributed by atoms with Gasteiger partial charge in [0.1, 0.15) is 0 Å². The van der Waals surface area contributed by atoms with Crippen LogP contribution in [-0.2, 0) is 19.5 Å². The van der Waals surface area contributed by atoms with Gasteiger partial charge in [-0.15, -0.1) is 0 Å². The van der Waals surface area contributed by atoms with E-state index in [1.807, 2.05) is 0 Å². The molecule has 0 unspecified atom stereocenters. The van der Waals surface area contributed by atoms with E-state index < -0.39 is 0 Å². The monoisotopic (exact) mass is 187 g/mol. The van der Waals surface area contributed by atoms with E-state index in [4.69, 9.17) is 0 Å². The Labute approximate surface area is 85.5 Å². The molecule has 1 heteroatoms. The second kappa shape index (κ2) is 3.09. The smallest absolute Gasteiger partial charge is 0.0212 e. The summed E-state index contributed by atoms with van der Waals surface area (Å²) in [7, 11) is 0. The lowest BCUT2D eigenvalue weighted by Gasteiger charge is -2.09. The first-order chi connectivity index (χ1) is 6.88. The number of hydrogen-bond acceptors (Lipinski definition) is 1. The van der Waals surface area contributed by atoms with Crippen LogP contribution in [0.2, 0.25) is 0 Å². The van der Waals surface area contributed by atoms with Crippen LogP contribution < -0.4 is 5.32 Å². The SMILES string of the molecule is CCc1cc2c(cc1C1CC1)CNC2. The third-order valence-corrected chi connectivity index (χ3v) is 3.49. The normalized spacial score (nSPS) is 19.8. The Bertz CT molecular complexity index is 364. The zero-order valence-electron chi connectivity index (χ0n) is 8.77. The highest BCUT2D eigenvalue weighted by Gasteiger charge is 2.27. The summed E-state index contributed by atoms with van der Waals surface area (Å²) in [4.78, 5) is 0. The fourth-order valence-electron chi connectivity index (χ4n) is 2.50. The first kappa shape index (κ1) is 8.49. The van der Waals surface area contributed by atoms with Gasteiger partial charge in [-0.1, -0.05) is 19.1 Å². The van der Waals surface area contributed by atoms with Crippen molar-refractivity contribution in [1.29, 1.82) is 0 Å². The van der Waals surface area contributed by atoms with Gasteiger partial charge < -0.3 is 5.32 Å². The molecule has 0 radical (unpaired) electrons. The molecule has 1 nitrogen and oxygen atoms in total. The van der Waals surface area contributed by atoms with E-state index >= 15 is 0 Å². The molecule has 1 aromatic carbocycles. The van der Waals surface area contributed by atoms with Gasteiger partial charge in [0.05, 0.1) is 0 Å². The van der Waals surface area contributed by atoms with E-state index in [1.54, 1.807) is 16.7 Å². The highest BCUT2D eigenvalue weighted by Crippen LogP contribution is 2.43. The number of rotatable bonds is 2. The predicted molar refractivity (Wildman–Crippen MR) is 58.3 cm³/mol. The Morgan fingerprint density at radius 3 is 2.57 bits per heavy atom. The summed E-state index contributed by atoms with van der Waals surface area (Å²) in [5.74, 6) is 0.899. The summed E-state index contributed by atoms with van der Waals surface area (Å²) >= 11 is 0. The van der Waals surface area contributed by atoms with Crippen molar-refractivity contribution in [3.05, 3.63) is 34.4 Å². The number of nitrogens with one attached hydrogen (secondary N) is 1. The van der Waals surface area contributed by atoms with E-state index in [0.29, 0.717) is 0 Å². The van der Waals surface area contributed by atoms with E-state index in [-0.39, 0.29) is 0 Å². The van der Waals surface area contributed by atoms with Gasteiger partial charge in [0.25, 0.3) is 0 Å². The second-order valence-corrected chi connectivity index (χ2v) is 4.55. The maximum absolute atomic E-state index is 3.43. The van der Waals surface area contributed by atoms with Gasteiger partial charge >= 0.3 is 0 Å². The summed E-state index contributed by atoms with van der Waals surface area (Å²) < 4.78 is 0. The minimum absolute atomic E-state index is 0.899. The molecule has 1 aliphatic heterocycles. The minimum Gasteiger partial charge on any atom is -0.309 e. The number of hydrogen-bond donors (Lipinski definition) is 1. The van der Waals surface area contributed by atoms with Gasteiger partial charge in [-0.2, -0.15) is 0 Å². The topological polar surface area (TPSA) is 12.0 Å². The fourth-order valence-corrected chi connectivity index (χ4v) is 2.50. The van der Waals surface area contributed by atoms with Gasteiger partial charge in [0, 0.05) is 13.1 Å².